The number of aryl methyl sites for hydroxylation is 2. The third-order valence-electron chi connectivity index (χ3n) is 2.60. The summed E-state index contributed by atoms with van der Waals surface area (Å²) < 4.78 is 0.587. The van der Waals surface area contributed by atoms with Crippen molar-refractivity contribution < 1.29 is 14.7 Å². The largest absolute Gasteiger partial charge is 0.477 e. The molecular formula is C14H14N2O3S2. The molecule has 0 unspecified atom stereocenters. The van der Waals surface area contributed by atoms with Gasteiger partial charge in [0.05, 0.1) is 11.4 Å². The van der Waals surface area contributed by atoms with Crippen LogP contribution in [0.2, 0.25) is 0 Å². The van der Waals surface area contributed by atoms with Crippen molar-refractivity contribution in [2.75, 3.05) is 11.1 Å². The van der Waals surface area contributed by atoms with E-state index in [1.54, 1.807) is 6.92 Å². The monoisotopic (exact) mass is 322 g/mol. The first-order chi connectivity index (χ1) is 9.95. The van der Waals surface area contributed by atoms with Gasteiger partial charge in [0.25, 0.3) is 0 Å². The number of rotatable bonds is 5. The Hall–Kier alpha value is -1.86. The van der Waals surface area contributed by atoms with Gasteiger partial charge in [-0.05, 0) is 31.5 Å². The summed E-state index contributed by atoms with van der Waals surface area (Å²) in [6.45, 7) is 3.60. The minimum absolute atomic E-state index is 0.143. The van der Waals surface area contributed by atoms with Crippen LogP contribution in [0.1, 0.15) is 20.9 Å². The molecular weight excluding hydrogens is 308 g/mol. The Morgan fingerprint density at radius 1 is 1.38 bits per heavy atom. The number of nitrogens with one attached hydrogen (secondary N) is 1. The van der Waals surface area contributed by atoms with Gasteiger partial charge < -0.3 is 10.4 Å². The Morgan fingerprint density at radius 3 is 2.76 bits per heavy atom. The Labute approximate surface area is 130 Å². The van der Waals surface area contributed by atoms with E-state index in [0.29, 0.717) is 10.0 Å². The maximum atomic E-state index is 11.9. The molecule has 2 N–H and O–H groups in total. The van der Waals surface area contributed by atoms with E-state index in [9.17, 15) is 9.59 Å². The van der Waals surface area contributed by atoms with Gasteiger partial charge in [-0.2, -0.15) is 0 Å². The van der Waals surface area contributed by atoms with E-state index in [1.807, 2.05) is 31.2 Å². The lowest BCUT2D eigenvalue weighted by atomic mass is 10.2. The minimum Gasteiger partial charge on any atom is -0.477 e. The number of thiazole rings is 1. The second-order valence-corrected chi connectivity index (χ2v) is 6.63. The fraction of sp³-hybridized carbons (Fsp3) is 0.214. The number of hydrogen-bond acceptors (Lipinski definition) is 5. The van der Waals surface area contributed by atoms with E-state index in [0.717, 1.165) is 22.6 Å². The summed E-state index contributed by atoms with van der Waals surface area (Å²) >= 11 is 2.33. The zero-order chi connectivity index (χ0) is 15.4. The van der Waals surface area contributed by atoms with E-state index in [2.05, 4.69) is 10.3 Å². The van der Waals surface area contributed by atoms with Crippen LogP contribution in [0, 0.1) is 13.8 Å². The van der Waals surface area contributed by atoms with Gasteiger partial charge in [0.1, 0.15) is 4.88 Å². The predicted octanol–water partition coefficient (Wildman–Crippen LogP) is 3.19. The van der Waals surface area contributed by atoms with Crippen LogP contribution < -0.4 is 5.32 Å². The van der Waals surface area contributed by atoms with Crippen LogP contribution in [0.4, 0.5) is 5.69 Å². The van der Waals surface area contributed by atoms with E-state index in [-0.39, 0.29) is 16.5 Å². The SMILES string of the molecule is Cc1cccc(NC(=O)CSc2nc(C)c(C(=O)O)s2)c1. The number of anilines is 1. The molecule has 0 atom stereocenters. The quantitative estimate of drug-likeness (QED) is 0.827. The molecule has 0 fully saturated rings. The number of benzene rings is 1. The van der Waals surface area contributed by atoms with Gasteiger partial charge in [-0.15, -0.1) is 11.3 Å². The molecule has 0 saturated carbocycles. The number of aromatic carboxylic acids is 1. The molecule has 2 rings (SSSR count). The number of carbonyl (C=O) groups is 2. The van der Waals surface area contributed by atoms with E-state index in [1.165, 1.54) is 11.8 Å². The van der Waals surface area contributed by atoms with Crippen LogP contribution >= 0.6 is 23.1 Å². The maximum Gasteiger partial charge on any atom is 0.347 e. The van der Waals surface area contributed by atoms with Gasteiger partial charge in [-0.1, -0.05) is 23.9 Å². The Morgan fingerprint density at radius 2 is 2.14 bits per heavy atom. The smallest absolute Gasteiger partial charge is 0.347 e. The van der Waals surface area contributed by atoms with E-state index >= 15 is 0 Å². The van der Waals surface area contributed by atoms with Crippen molar-refractivity contribution in [1.82, 2.24) is 4.98 Å². The van der Waals surface area contributed by atoms with Crippen molar-refractivity contribution in [2.24, 2.45) is 0 Å². The van der Waals surface area contributed by atoms with Crippen LogP contribution in [0.25, 0.3) is 0 Å². The Balaban J connectivity index is 1.92. The van der Waals surface area contributed by atoms with E-state index in [4.69, 9.17) is 5.11 Å². The number of amides is 1. The first-order valence-corrected chi connectivity index (χ1v) is 7.96. The average molecular weight is 322 g/mol. The molecule has 1 heterocycles. The molecule has 0 radical (unpaired) electrons. The van der Waals surface area contributed by atoms with Crippen molar-refractivity contribution in [2.45, 2.75) is 18.2 Å². The minimum atomic E-state index is -0.985. The summed E-state index contributed by atoms with van der Waals surface area (Å²) in [6, 6.07) is 7.54. The molecule has 21 heavy (non-hydrogen) atoms. The first kappa shape index (κ1) is 15.5. The zero-order valence-electron chi connectivity index (χ0n) is 11.5. The van der Waals surface area contributed by atoms with Crippen LogP contribution in [-0.2, 0) is 4.79 Å². The maximum absolute atomic E-state index is 11.9. The number of carboxylic acid groups (broad SMARTS) is 1. The van der Waals surface area contributed by atoms with Gasteiger partial charge in [0.15, 0.2) is 4.34 Å². The molecule has 0 spiro atoms. The van der Waals surface area contributed by atoms with Crippen molar-refractivity contribution in [3.8, 4) is 0 Å². The predicted molar refractivity (Wildman–Crippen MR) is 84.3 cm³/mol. The molecule has 0 bridgehead atoms. The van der Waals surface area contributed by atoms with Gasteiger partial charge in [-0.3, -0.25) is 4.79 Å². The second-order valence-electron chi connectivity index (χ2n) is 4.41. The van der Waals surface area contributed by atoms with Gasteiger partial charge >= 0.3 is 5.97 Å². The molecule has 1 aromatic carbocycles. The fourth-order valence-electron chi connectivity index (χ4n) is 1.68. The number of thioether (sulfide) groups is 1. The fourth-order valence-corrected chi connectivity index (χ4v) is 3.51. The van der Waals surface area contributed by atoms with Crippen molar-refractivity contribution >= 4 is 40.7 Å². The lowest BCUT2D eigenvalue weighted by molar-refractivity contribution is -0.113. The van der Waals surface area contributed by atoms with Gasteiger partial charge in [0.2, 0.25) is 5.91 Å². The molecule has 110 valence electrons. The summed E-state index contributed by atoms with van der Waals surface area (Å²) in [7, 11) is 0. The summed E-state index contributed by atoms with van der Waals surface area (Å²) in [5.41, 5.74) is 2.30. The van der Waals surface area contributed by atoms with Gasteiger partial charge in [-0.25, -0.2) is 9.78 Å². The number of nitrogens with zero attached hydrogens (tertiary/aromatic N) is 1. The molecule has 5 nitrogen and oxygen atoms in total. The standard InChI is InChI=1S/C14H14N2O3S2/c1-8-4-3-5-10(6-8)16-11(17)7-20-14-15-9(2)12(21-14)13(18)19/h3-6H,7H2,1-2H3,(H,16,17)(H,18,19). The highest BCUT2D eigenvalue weighted by Crippen LogP contribution is 2.27. The van der Waals surface area contributed by atoms with Gasteiger partial charge in [0, 0.05) is 5.69 Å². The Kier molecular flexibility index (Phi) is 4.98. The molecule has 7 heteroatoms. The highest BCUT2D eigenvalue weighted by molar-refractivity contribution is 8.01. The van der Waals surface area contributed by atoms with Crippen molar-refractivity contribution in [3.63, 3.8) is 0 Å². The Bertz CT molecular complexity index is 683. The lowest BCUT2D eigenvalue weighted by Crippen LogP contribution is -2.13. The number of hydrogen-bond donors (Lipinski definition) is 2. The third kappa shape index (κ3) is 4.30. The number of aromatic nitrogens is 1. The third-order valence-corrected chi connectivity index (χ3v) is 4.89. The highest BCUT2D eigenvalue weighted by Gasteiger charge is 2.15. The normalized spacial score (nSPS) is 10.4. The molecule has 1 amide bonds. The topological polar surface area (TPSA) is 79.3 Å². The summed E-state index contributed by atoms with van der Waals surface area (Å²) in [5.74, 6) is -0.934. The molecule has 0 saturated heterocycles. The molecule has 0 aliphatic rings. The van der Waals surface area contributed by atoms with Crippen molar-refractivity contribution in [3.05, 3.63) is 40.4 Å². The summed E-state index contributed by atoms with van der Waals surface area (Å²) in [5, 5.41) is 11.8. The van der Waals surface area contributed by atoms with Crippen LogP contribution in [0.5, 0.6) is 0 Å². The highest BCUT2D eigenvalue weighted by atomic mass is 32.2. The van der Waals surface area contributed by atoms with Crippen LogP contribution in [0.15, 0.2) is 28.6 Å². The molecule has 0 aliphatic heterocycles. The lowest BCUT2D eigenvalue weighted by Gasteiger charge is -2.04. The average Bonchev–Trinajstić information content (AvgIpc) is 2.78. The first-order valence-electron chi connectivity index (χ1n) is 6.16. The second kappa shape index (κ2) is 6.73. The molecule has 0 aliphatic carbocycles. The van der Waals surface area contributed by atoms with Crippen molar-refractivity contribution in [1.29, 1.82) is 0 Å². The summed E-state index contributed by atoms with van der Waals surface area (Å²) in [6.07, 6.45) is 0. The zero-order valence-corrected chi connectivity index (χ0v) is 13.2. The number of carbonyl (C=O) groups excluding carboxylic acids is 1. The van der Waals surface area contributed by atoms with Crippen LogP contribution in [0.3, 0.4) is 0 Å². The summed E-state index contributed by atoms with van der Waals surface area (Å²) in [4.78, 5) is 27.1. The number of carboxylic acids is 1. The molecule has 1 aromatic heterocycles. The molecule has 2 aromatic rings. The van der Waals surface area contributed by atoms with Crippen LogP contribution in [-0.4, -0.2) is 27.7 Å². The van der Waals surface area contributed by atoms with E-state index < -0.39 is 5.97 Å².